The number of aromatic nitrogens is 3. The van der Waals surface area contributed by atoms with E-state index in [2.05, 4.69) is 41.1 Å². The number of methoxy groups -OCH3 is 1. The first-order valence-electron chi connectivity index (χ1n) is 11.7. The van der Waals surface area contributed by atoms with Gasteiger partial charge in [0.05, 0.1) is 18.4 Å². The number of anilines is 4. The van der Waals surface area contributed by atoms with Gasteiger partial charge in [-0.05, 0) is 38.8 Å². The van der Waals surface area contributed by atoms with E-state index in [1.165, 1.54) is 12.5 Å². The third-order valence-corrected chi connectivity index (χ3v) is 6.83. The van der Waals surface area contributed by atoms with E-state index in [1.807, 2.05) is 0 Å². The molecule has 2 saturated heterocycles. The molecule has 0 bridgehead atoms. The first kappa shape index (κ1) is 22.3. The van der Waals surface area contributed by atoms with Gasteiger partial charge in [-0.25, -0.2) is 15.0 Å². The number of nitrogens with zero attached hydrogens (tertiary/aromatic N) is 4. The van der Waals surface area contributed by atoms with Crippen LogP contribution in [0.15, 0.2) is 18.6 Å². The Balaban J connectivity index is 1.41. The van der Waals surface area contributed by atoms with Crippen LogP contribution < -0.4 is 30.9 Å². The molecule has 0 radical (unpaired) electrons. The minimum Gasteiger partial charge on any atom is -0.490 e. The second-order valence-electron chi connectivity index (χ2n) is 9.27. The maximum absolute atomic E-state index is 12.5. The molecule has 2 aliphatic heterocycles. The van der Waals surface area contributed by atoms with E-state index in [4.69, 9.17) is 4.74 Å². The Bertz CT molecular complexity index is 1090. The van der Waals surface area contributed by atoms with E-state index < -0.39 is 0 Å². The van der Waals surface area contributed by atoms with Crippen LogP contribution in [-0.2, 0) is 4.79 Å². The van der Waals surface area contributed by atoms with E-state index in [-0.39, 0.29) is 17.7 Å². The zero-order valence-corrected chi connectivity index (χ0v) is 19.5. The quantitative estimate of drug-likeness (QED) is 0.479. The van der Waals surface area contributed by atoms with E-state index >= 15 is 0 Å². The summed E-state index contributed by atoms with van der Waals surface area (Å²) in [5.74, 6) is 1.72. The zero-order valence-electron chi connectivity index (χ0n) is 19.5. The molecule has 5 rings (SSSR count). The summed E-state index contributed by atoms with van der Waals surface area (Å²) in [6.45, 7) is 3.95. The number of rotatable bonds is 7. The molecule has 3 aliphatic rings. The lowest BCUT2D eigenvalue weighted by molar-refractivity contribution is -0.117. The Morgan fingerprint density at radius 2 is 1.94 bits per heavy atom. The van der Waals surface area contributed by atoms with Crippen molar-refractivity contribution in [3.05, 3.63) is 24.2 Å². The number of nitrogens with one attached hydrogen (secondary N) is 4. The summed E-state index contributed by atoms with van der Waals surface area (Å²) in [5.41, 5.74) is 1.12. The maximum Gasteiger partial charge on any atom is 0.254 e. The normalized spacial score (nSPS) is 18.7. The smallest absolute Gasteiger partial charge is 0.254 e. The highest BCUT2D eigenvalue weighted by molar-refractivity contribution is 6.01. The number of pyridine rings is 1. The lowest BCUT2D eigenvalue weighted by atomic mass is 9.72. The van der Waals surface area contributed by atoms with Gasteiger partial charge in [-0.15, -0.1) is 0 Å². The highest BCUT2D eigenvalue weighted by atomic mass is 16.5. The number of hydrogen-bond donors (Lipinski definition) is 4. The molecule has 1 spiro atoms. The van der Waals surface area contributed by atoms with Crippen molar-refractivity contribution in [1.29, 1.82) is 0 Å². The van der Waals surface area contributed by atoms with Crippen molar-refractivity contribution in [1.82, 2.24) is 25.6 Å². The van der Waals surface area contributed by atoms with E-state index in [0.717, 1.165) is 57.7 Å². The molecule has 2 amide bonds. The van der Waals surface area contributed by atoms with Crippen LogP contribution >= 0.6 is 0 Å². The van der Waals surface area contributed by atoms with Gasteiger partial charge < -0.3 is 30.9 Å². The molecule has 1 aliphatic carbocycles. The van der Waals surface area contributed by atoms with Gasteiger partial charge in [-0.2, -0.15) is 0 Å². The summed E-state index contributed by atoms with van der Waals surface area (Å²) >= 11 is 0. The highest BCUT2D eigenvalue weighted by Crippen LogP contribution is 2.44. The van der Waals surface area contributed by atoms with Crippen LogP contribution in [0.2, 0.25) is 0 Å². The minimum atomic E-state index is -0.307. The van der Waals surface area contributed by atoms with Gasteiger partial charge in [0.15, 0.2) is 11.6 Å². The minimum absolute atomic E-state index is 0.0427. The van der Waals surface area contributed by atoms with Crippen LogP contribution in [0.3, 0.4) is 0 Å². The number of piperidine rings is 1. The predicted molar refractivity (Wildman–Crippen MR) is 128 cm³/mol. The van der Waals surface area contributed by atoms with Crippen molar-refractivity contribution >= 4 is 35.0 Å². The first-order chi connectivity index (χ1) is 16.5. The van der Waals surface area contributed by atoms with Crippen LogP contribution in [0.4, 0.5) is 23.1 Å². The average Bonchev–Trinajstić information content (AvgIpc) is 3.68. The fraction of sp³-hybridized carbons (Fsp3) is 0.522. The van der Waals surface area contributed by atoms with Gasteiger partial charge in [0, 0.05) is 43.7 Å². The number of amides is 2. The summed E-state index contributed by atoms with van der Waals surface area (Å²) in [7, 11) is 3.14. The Hall–Kier alpha value is -3.47. The second-order valence-corrected chi connectivity index (χ2v) is 9.27. The number of carbonyl (C=O) groups excluding carboxylic acids is 2. The monoisotopic (exact) mass is 466 g/mol. The Labute approximate surface area is 198 Å². The van der Waals surface area contributed by atoms with Crippen molar-refractivity contribution in [3.63, 3.8) is 0 Å². The first-order valence-corrected chi connectivity index (χ1v) is 11.7. The van der Waals surface area contributed by atoms with E-state index in [9.17, 15) is 9.59 Å². The number of hydrogen-bond acceptors (Lipinski definition) is 9. The molecule has 4 N–H and O–H groups in total. The van der Waals surface area contributed by atoms with Gasteiger partial charge in [-0.3, -0.25) is 9.59 Å². The topological polar surface area (TPSA) is 133 Å². The average molecular weight is 467 g/mol. The van der Waals surface area contributed by atoms with Gasteiger partial charge >= 0.3 is 0 Å². The molecular formula is C23H30N8O3. The maximum atomic E-state index is 12.5. The lowest BCUT2D eigenvalue weighted by Crippen LogP contribution is -2.60. The van der Waals surface area contributed by atoms with E-state index in [1.54, 1.807) is 20.2 Å². The lowest BCUT2D eigenvalue weighted by Gasteiger charge is -2.53. The van der Waals surface area contributed by atoms with Crippen LogP contribution in [-0.4, -0.2) is 67.1 Å². The third-order valence-electron chi connectivity index (χ3n) is 6.83. The summed E-state index contributed by atoms with van der Waals surface area (Å²) in [4.78, 5) is 40.0. The van der Waals surface area contributed by atoms with Crippen LogP contribution in [0.1, 0.15) is 36.0 Å². The van der Waals surface area contributed by atoms with Crippen molar-refractivity contribution in [3.8, 4) is 5.75 Å². The summed E-state index contributed by atoms with van der Waals surface area (Å²) in [6, 6.07) is 1.64. The fourth-order valence-electron chi connectivity index (χ4n) is 4.70. The molecule has 4 heterocycles. The molecule has 1 saturated carbocycles. The molecule has 0 aromatic carbocycles. The molecule has 3 fully saturated rings. The fourth-order valence-corrected chi connectivity index (χ4v) is 4.70. The molecule has 180 valence electrons. The van der Waals surface area contributed by atoms with Gasteiger partial charge in [0.2, 0.25) is 11.7 Å². The van der Waals surface area contributed by atoms with Crippen molar-refractivity contribution in [2.75, 3.05) is 55.9 Å². The Morgan fingerprint density at radius 1 is 1.18 bits per heavy atom. The van der Waals surface area contributed by atoms with Crippen LogP contribution in [0.25, 0.3) is 0 Å². The largest absolute Gasteiger partial charge is 0.490 e. The number of carbonyl (C=O) groups is 2. The van der Waals surface area contributed by atoms with Gasteiger partial charge in [-0.1, -0.05) is 0 Å². The standard InChI is InChI=1S/C23H30N8O3/c1-24-22(33)15-10-26-17(30-21(32)14-3-4-14)9-16(15)29-19-18(34-2)20(28-13-27-19)31-11-23(12-31)5-7-25-8-6-23/h9-10,13-14,25H,3-8,11-12H2,1-2H3,(H,24,33)(H2,26,27,28,29,30,32). The molecule has 2 aromatic rings. The van der Waals surface area contributed by atoms with Gasteiger partial charge in [0.25, 0.3) is 5.91 Å². The summed E-state index contributed by atoms with van der Waals surface area (Å²) < 4.78 is 5.72. The molecule has 34 heavy (non-hydrogen) atoms. The Kier molecular flexibility index (Phi) is 5.94. The molecular weight excluding hydrogens is 436 g/mol. The Morgan fingerprint density at radius 3 is 2.62 bits per heavy atom. The summed E-state index contributed by atoms with van der Waals surface area (Å²) in [6.07, 6.45) is 7.03. The zero-order chi connectivity index (χ0) is 23.7. The van der Waals surface area contributed by atoms with Crippen LogP contribution in [0.5, 0.6) is 5.75 Å². The third kappa shape index (κ3) is 4.35. The highest BCUT2D eigenvalue weighted by Gasteiger charge is 2.45. The van der Waals surface area contributed by atoms with E-state index in [0.29, 0.717) is 34.1 Å². The predicted octanol–water partition coefficient (Wildman–Crippen LogP) is 1.52. The number of ether oxygens (including phenoxy) is 1. The molecule has 0 unspecified atom stereocenters. The van der Waals surface area contributed by atoms with Crippen molar-refractivity contribution < 1.29 is 14.3 Å². The molecule has 2 aromatic heterocycles. The molecule has 0 atom stereocenters. The molecule has 11 nitrogen and oxygen atoms in total. The van der Waals surface area contributed by atoms with Gasteiger partial charge in [0.1, 0.15) is 12.1 Å². The summed E-state index contributed by atoms with van der Waals surface area (Å²) in [5, 5.41) is 12.1. The van der Waals surface area contributed by atoms with Crippen molar-refractivity contribution in [2.24, 2.45) is 11.3 Å². The second kappa shape index (κ2) is 9.05. The van der Waals surface area contributed by atoms with Crippen molar-refractivity contribution in [2.45, 2.75) is 25.7 Å². The van der Waals surface area contributed by atoms with Crippen LogP contribution in [0, 0.1) is 11.3 Å². The SMILES string of the molecule is CNC(=O)c1cnc(NC(=O)C2CC2)cc1Nc1ncnc(N2CC3(CCNCC3)C2)c1OC. The molecule has 11 heteroatoms.